The maximum atomic E-state index is 12.3. The van der Waals surface area contributed by atoms with Crippen molar-refractivity contribution < 1.29 is 18.0 Å². The molecule has 1 saturated heterocycles. The van der Waals surface area contributed by atoms with Crippen molar-refractivity contribution >= 4 is 21.8 Å². The Hall–Kier alpha value is -1.93. The first-order chi connectivity index (χ1) is 10.8. The molecule has 1 aliphatic rings. The first-order valence-electron chi connectivity index (χ1n) is 7.43. The topological polar surface area (TPSA) is 104 Å². The van der Waals surface area contributed by atoms with E-state index in [1.54, 1.807) is 19.1 Å². The Bertz CT molecular complexity index is 715. The molecule has 2 amide bonds. The van der Waals surface area contributed by atoms with Gasteiger partial charge in [-0.15, -0.1) is 0 Å². The SMILES string of the molecule is Cc1ccc(C)c(S(=O)(=O)NCCNC(=O)[C@H]2CCC(=O)N2)c1. The Morgan fingerprint density at radius 1 is 1.30 bits per heavy atom. The standard InChI is InChI=1S/C15H21N3O4S/c1-10-3-4-11(2)13(9-10)23(21,22)17-8-7-16-15(20)12-5-6-14(19)18-12/h3-4,9,12,17H,5-8H2,1-2H3,(H,16,20)(H,18,19)/t12-/m1/s1. The van der Waals surface area contributed by atoms with Gasteiger partial charge in [-0.2, -0.15) is 0 Å². The van der Waals surface area contributed by atoms with Crippen molar-refractivity contribution in [1.29, 1.82) is 0 Å². The van der Waals surface area contributed by atoms with E-state index >= 15 is 0 Å². The van der Waals surface area contributed by atoms with Gasteiger partial charge in [-0.3, -0.25) is 9.59 Å². The van der Waals surface area contributed by atoms with Crippen molar-refractivity contribution in [3.8, 4) is 0 Å². The van der Waals surface area contributed by atoms with E-state index in [9.17, 15) is 18.0 Å². The summed E-state index contributed by atoms with van der Waals surface area (Å²) in [5.41, 5.74) is 1.53. The Morgan fingerprint density at radius 3 is 2.70 bits per heavy atom. The Morgan fingerprint density at radius 2 is 2.04 bits per heavy atom. The lowest BCUT2D eigenvalue weighted by Gasteiger charge is -2.12. The minimum atomic E-state index is -3.61. The Balaban J connectivity index is 1.84. The number of rotatable bonds is 6. The summed E-state index contributed by atoms with van der Waals surface area (Å²) in [7, 11) is -3.61. The molecule has 0 aromatic heterocycles. The normalized spacial score (nSPS) is 17.8. The molecule has 2 rings (SSSR count). The Kier molecular flexibility index (Phi) is 5.38. The van der Waals surface area contributed by atoms with Crippen molar-refractivity contribution in [3.05, 3.63) is 29.3 Å². The summed E-state index contributed by atoms with van der Waals surface area (Å²) in [6, 6.07) is 4.71. The van der Waals surface area contributed by atoms with Gasteiger partial charge in [0.05, 0.1) is 4.90 Å². The van der Waals surface area contributed by atoms with Gasteiger partial charge < -0.3 is 10.6 Å². The zero-order valence-corrected chi connectivity index (χ0v) is 14.0. The highest BCUT2D eigenvalue weighted by atomic mass is 32.2. The lowest BCUT2D eigenvalue weighted by molar-refractivity contribution is -0.125. The van der Waals surface area contributed by atoms with Crippen LogP contribution < -0.4 is 15.4 Å². The number of benzene rings is 1. The van der Waals surface area contributed by atoms with E-state index in [2.05, 4.69) is 15.4 Å². The van der Waals surface area contributed by atoms with Gasteiger partial charge in [0.2, 0.25) is 21.8 Å². The fourth-order valence-electron chi connectivity index (χ4n) is 2.38. The van der Waals surface area contributed by atoms with E-state index in [1.807, 2.05) is 13.0 Å². The second-order valence-corrected chi connectivity index (χ2v) is 7.35. The average Bonchev–Trinajstić information content (AvgIpc) is 2.92. The maximum absolute atomic E-state index is 12.3. The van der Waals surface area contributed by atoms with Crippen LogP contribution in [0.5, 0.6) is 0 Å². The van der Waals surface area contributed by atoms with Crippen molar-refractivity contribution in [2.75, 3.05) is 13.1 Å². The van der Waals surface area contributed by atoms with Crippen molar-refractivity contribution in [2.24, 2.45) is 0 Å². The van der Waals surface area contributed by atoms with E-state index in [-0.39, 0.29) is 29.8 Å². The second-order valence-electron chi connectivity index (χ2n) is 5.62. The molecule has 126 valence electrons. The van der Waals surface area contributed by atoms with Gasteiger partial charge >= 0.3 is 0 Å². The number of hydrogen-bond acceptors (Lipinski definition) is 4. The van der Waals surface area contributed by atoms with Gasteiger partial charge in [0.15, 0.2) is 0 Å². The van der Waals surface area contributed by atoms with Crippen LogP contribution in [-0.4, -0.2) is 39.4 Å². The van der Waals surface area contributed by atoms with Gasteiger partial charge in [0.25, 0.3) is 0 Å². The zero-order chi connectivity index (χ0) is 17.0. The molecule has 3 N–H and O–H groups in total. The fraction of sp³-hybridized carbons (Fsp3) is 0.467. The number of nitrogens with one attached hydrogen (secondary N) is 3. The van der Waals surface area contributed by atoms with Crippen molar-refractivity contribution in [2.45, 2.75) is 37.6 Å². The molecule has 0 unspecified atom stereocenters. The smallest absolute Gasteiger partial charge is 0.242 e. The molecule has 1 aliphatic heterocycles. The van der Waals surface area contributed by atoms with Crippen LogP contribution in [0.3, 0.4) is 0 Å². The van der Waals surface area contributed by atoms with Crippen molar-refractivity contribution in [3.63, 3.8) is 0 Å². The first kappa shape index (κ1) is 17.4. The lowest BCUT2D eigenvalue weighted by Crippen LogP contribution is -2.44. The third-order valence-corrected chi connectivity index (χ3v) is 5.26. The van der Waals surface area contributed by atoms with Crippen LogP contribution >= 0.6 is 0 Å². The molecule has 0 aliphatic carbocycles. The monoisotopic (exact) mass is 339 g/mol. The summed E-state index contributed by atoms with van der Waals surface area (Å²) in [6.07, 6.45) is 0.816. The van der Waals surface area contributed by atoms with Crippen molar-refractivity contribution in [1.82, 2.24) is 15.4 Å². The first-order valence-corrected chi connectivity index (χ1v) is 8.92. The molecule has 7 nitrogen and oxygen atoms in total. The van der Waals surface area contributed by atoms with Gasteiger partial charge in [-0.25, -0.2) is 13.1 Å². The molecule has 1 atom stereocenters. The highest BCUT2D eigenvalue weighted by molar-refractivity contribution is 7.89. The summed E-state index contributed by atoms with van der Waals surface area (Å²) in [4.78, 5) is 23.1. The molecule has 1 heterocycles. The minimum Gasteiger partial charge on any atom is -0.353 e. The predicted octanol–water partition coefficient (Wildman–Crippen LogP) is -0.0235. The summed E-state index contributed by atoms with van der Waals surface area (Å²) in [6.45, 7) is 3.81. The molecule has 1 aromatic carbocycles. The van der Waals surface area contributed by atoms with Gasteiger partial charge in [0, 0.05) is 19.5 Å². The summed E-state index contributed by atoms with van der Waals surface area (Å²) >= 11 is 0. The summed E-state index contributed by atoms with van der Waals surface area (Å²) in [5.74, 6) is -0.428. The van der Waals surface area contributed by atoms with Crippen LogP contribution in [-0.2, 0) is 19.6 Å². The van der Waals surface area contributed by atoms with Crippen LogP contribution in [0.25, 0.3) is 0 Å². The number of hydrogen-bond donors (Lipinski definition) is 3. The fourth-order valence-corrected chi connectivity index (χ4v) is 3.74. The molecule has 0 spiro atoms. The van der Waals surface area contributed by atoms with E-state index in [4.69, 9.17) is 0 Å². The number of sulfonamides is 1. The number of carbonyl (C=O) groups is 2. The molecule has 0 saturated carbocycles. The van der Waals surface area contributed by atoms with E-state index in [0.29, 0.717) is 18.4 Å². The molecule has 1 aromatic rings. The van der Waals surface area contributed by atoms with Gasteiger partial charge in [-0.05, 0) is 37.5 Å². The predicted molar refractivity (Wildman–Crippen MR) is 85.3 cm³/mol. The van der Waals surface area contributed by atoms with Crippen LogP contribution in [0, 0.1) is 13.8 Å². The molecule has 1 fully saturated rings. The highest BCUT2D eigenvalue weighted by Crippen LogP contribution is 2.16. The second kappa shape index (κ2) is 7.10. The van der Waals surface area contributed by atoms with Gasteiger partial charge in [-0.1, -0.05) is 12.1 Å². The average molecular weight is 339 g/mol. The zero-order valence-electron chi connectivity index (χ0n) is 13.2. The van der Waals surface area contributed by atoms with Crippen LogP contribution in [0.1, 0.15) is 24.0 Å². The lowest BCUT2D eigenvalue weighted by atomic mass is 10.2. The summed E-state index contributed by atoms with van der Waals surface area (Å²) in [5, 5.41) is 5.18. The molecular formula is C15H21N3O4S. The molecule has 0 radical (unpaired) electrons. The van der Waals surface area contributed by atoms with Gasteiger partial charge in [0.1, 0.15) is 6.04 Å². The Labute approximate surface area is 135 Å². The molecule has 0 bridgehead atoms. The quantitative estimate of drug-likeness (QED) is 0.633. The number of amides is 2. The minimum absolute atomic E-state index is 0.0854. The molecular weight excluding hydrogens is 318 g/mol. The summed E-state index contributed by atoms with van der Waals surface area (Å²) < 4.78 is 27.0. The van der Waals surface area contributed by atoms with Crippen LogP contribution in [0.2, 0.25) is 0 Å². The number of carbonyl (C=O) groups excluding carboxylic acids is 2. The van der Waals surface area contributed by atoms with Crippen LogP contribution in [0.4, 0.5) is 0 Å². The third-order valence-electron chi connectivity index (χ3n) is 3.66. The number of aryl methyl sites for hydroxylation is 2. The van der Waals surface area contributed by atoms with E-state index in [1.165, 1.54) is 0 Å². The van der Waals surface area contributed by atoms with Crippen LogP contribution in [0.15, 0.2) is 23.1 Å². The molecule has 23 heavy (non-hydrogen) atoms. The largest absolute Gasteiger partial charge is 0.353 e. The maximum Gasteiger partial charge on any atom is 0.242 e. The third kappa shape index (κ3) is 4.52. The van der Waals surface area contributed by atoms with E-state index in [0.717, 1.165) is 5.56 Å². The highest BCUT2D eigenvalue weighted by Gasteiger charge is 2.26. The van der Waals surface area contributed by atoms with E-state index < -0.39 is 16.1 Å². The molecule has 8 heteroatoms.